The summed E-state index contributed by atoms with van der Waals surface area (Å²) in [6.07, 6.45) is -2.92. The molecule has 0 aliphatic carbocycles. The Bertz CT molecular complexity index is 852. The van der Waals surface area contributed by atoms with Crippen molar-refractivity contribution in [3.05, 3.63) is 69.8 Å². The number of benzene rings is 2. The Morgan fingerprint density at radius 3 is 2.70 bits per heavy atom. The number of aliphatic imine (C=N–C) groups is 1. The number of nitro groups is 1. The third-order valence-electron chi connectivity index (χ3n) is 4.20. The number of rotatable bonds is 5. The van der Waals surface area contributed by atoms with E-state index in [4.69, 9.17) is 0 Å². The van der Waals surface area contributed by atoms with Crippen LogP contribution in [-0.2, 0) is 6.18 Å². The van der Waals surface area contributed by atoms with Crippen LogP contribution < -0.4 is 5.32 Å². The lowest BCUT2D eigenvalue weighted by molar-refractivity contribution is -0.384. The predicted octanol–water partition coefficient (Wildman–Crippen LogP) is 4.76. The van der Waals surface area contributed by atoms with Gasteiger partial charge in [0.05, 0.1) is 10.5 Å². The number of nitrogens with zero attached hydrogens (tertiary/aromatic N) is 2. The molecule has 1 aliphatic heterocycles. The average Bonchev–Trinajstić information content (AvgIpc) is 3.16. The summed E-state index contributed by atoms with van der Waals surface area (Å²) in [7, 11) is 0. The fourth-order valence-electron chi connectivity index (χ4n) is 2.86. The summed E-state index contributed by atoms with van der Waals surface area (Å²) in [6, 6.07) is 11.2. The summed E-state index contributed by atoms with van der Waals surface area (Å²) in [5, 5.41) is 14.3. The zero-order valence-corrected chi connectivity index (χ0v) is 14.8. The number of thioether (sulfide) groups is 1. The normalized spacial score (nSPS) is 18.7. The van der Waals surface area contributed by atoms with Gasteiger partial charge in [-0.3, -0.25) is 15.1 Å². The minimum absolute atomic E-state index is 0.0139. The maximum Gasteiger partial charge on any atom is 0.416 e. The van der Waals surface area contributed by atoms with Crippen molar-refractivity contribution in [3.8, 4) is 0 Å². The zero-order valence-electron chi connectivity index (χ0n) is 14.0. The third kappa shape index (κ3) is 4.67. The number of hydrogen-bond acceptors (Lipinski definition) is 5. The van der Waals surface area contributed by atoms with Crippen LogP contribution in [0.4, 0.5) is 24.5 Å². The second kappa shape index (κ2) is 8.10. The molecule has 142 valence electrons. The minimum atomic E-state index is -4.43. The molecule has 0 amide bonds. The van der Waals surface area contributed by atoms with Crippen molar-refractivity contribution in [2.75, 3.05) is 12.4 Å². The van der Waals surface area contributed by atoms with Gasteiger partial charge in [0.25, 0.3) is 5.69 Å². The molecule has 0 aromatic heterocycles. The molecule has 1 N–H and O–H groups in total. The van der Waals surface area contributed by atoms with E-state index in [0.29, 0.717) is 18.0 Å². The highest BCUT2D eigenvalue weighted by molar-refractivity contribution is 8.00. The molecular weight excluding hydrogens is 379 g/mol. The molecule has 0 spiro atoms. The first-order valence-electron chi connectivity index (χ1n) is 8.13. The lowest BCUT2D eigenvalue weighted by Gasteiger charge is -2.20. The molecule has 0 saturated carbocycles. The van der Waals surface area contributed by atoms with Crippen LogP contribution in [0.15, 0.2) is 53.5 Å². The van der Waals surface area contributed by atoms with Crippen LogP contribution in [0.5, 0.6) is 0 Å². The van der Waals surface area contributed by atoms with E-state index >= 15 is 0 Å². The van der Waals surface area contributed by atoms with Crippen LogP contribution in [0.1, 0.15) is 17.0 Å². The lowest BCUT2D eigenvalue weighted by atomic mass is 9.94. The second-order valence-corrected chi connectivity index (χ2v) is 7.20. The van der Waals surface area contributed by atoms with Crippen LogP contribution in [0.2, 0.25) is 0 Å². The van der Waals surface area contributed by atoms with E-state index in [1.807, 2.05) is 0 Å². The molecule has 1 fully saturated rings. The SMILES string of the molecule is O=[N+]([O-])c1ccccc1N=CC(c1cccc(C(F)(F)F)c1)C1CNCS1. The summed E-state index contributed by atoms with van der Waals surface area (Å²) in [4.78, 5) is 14.9. The lowest BCUT2D eigenvalue weighted by Crippen LogP contribution is -2.22. The Balaban J connectivity index is 1.97. The number of nitro benzene ring substituents is 1. The van der Waals surface area contributed by atoms with Crippen LogP contribution >= 0.6 is 11.8 Å². The van der Waals surface area contributed by atoms with Crippen molar-refractivity contribution in [3.63, 3.8) is 0 Å². The molecule has 1 aliphatic rings. The van der Waals surface area contributed by atoms with Crippen molar-refractivity contribution >= 4 is 29.4 Å². The van der Waals surface area contributed by atoms with Gasteiger partial charge in [0.1, 0.15) is 5.69 Å². The van der Waals surface area contributed by atoms with Gasteiger partial charge >= 0.3 is 6.18 Å². The molecule has 2 atom stereocenters. The number of hydrogen-bond donors (Lipinski definition) is 1. The molecule has 2 aromatic carbocycles. The monoisotopic (exact) mass is 395 g/mol. The summed E-state index contributed by atoms with van der Waals surface area (Å²) in [6.45, 7) is 0.620. The van der Waals surface area contributed by atoms with Crippen molar-refractivity contribution in [2.24, 2.45) is 4.99 Å². The summed E-state index contributed by atoms with van der Waals surface area (Å²) >= 11 is 1.59. The topological polar surface area (TPSA) is 67.5 Å². The van der Waals surface area contributed by atoms with Gasteiger partial charge < -0.3 is 5.32 Å². The first kappa shape index (κ1) is 19.4. The molecule has 2 unspecified atom stereocenters. The molecular formula is C18H16F3N3O2S. The third-order valence-corrected chi connectivity index (χ3v) is 5.46. The van der Waals surface area contributed by atoms with Crippen molar-refractivity contribution in [2.45, 2.75) is 17.3 Å². The fourth-order valence-corrected chi connectivity index (χ4v) is 3.98. The smallest absolute Gasteiger partial charge is 0.307 e. The van der Waals surface area contributed by atoms with E-state index in [0.717, 1.165) is 12.1 Å². The Morgan fingerprint density at radius 2 is 2.04 bits per heavy atom. The first-order valence-corrected chi connectivity index (χ1v) is 9.18. The maximum absolute atomic E-state index is 13.1. The molecule has 0 bridgehead atoms. The van der Waals surface area contributed by atoms with E-state index in [-0.39, 0.29) is 16.6 Å². The van der Waals surface area contributed by atoms with Crippen LogP contribution in [0, 0.1) is 10.1 Å². The molecule has 3 rings (SSSR count). The van der Waals surface area contributed by atoms with Crippen molar-refractivity contribution in [1.29, 1.82) is 0 Å². The highest BCUT2D eigenvalue weighted by Gasteiger charge is 2.32. The largest absolute Gasteiger partial charge is 0.416 e. The number of halogens is 3. The van der Waals surface area contributed by atoms with Gasteiger partial charge in [0.15, 0.2) is 0 Å². The zero-order chi connectivity index (χ0) is 19.4. The molecule has 1 saturated heterocycles. The van der Waals surface area contributed by atoms with Gasteiger partial charge in [0.2, 0.25) is 0 Å². The number of nitrogens with one attached hydrogen (secondary N) is 1. The van der Waals surface area contributed by atoms with Crippen molar-refractivity contribution < 1.29 is 18.1 Å². The van der Waals surface area contributed by atoms with E-state index in [1.54, 1.807) is 23.9 Å². The van der Waals surface area contributed by atoms with Gasteiger partial charge in [-0.05, 0) is 17.7 Å². The number of para-hydroxylation sites is 2. The van der Waals surface area contributed by atoms with E-state index in [2.05, 4.69) is 10.3 Å². The van der Waals surface area contributed by atoms with Crippen LogP contribution in [0.3, 0.4) is 0 Å². The second-order valence-electron chi connectivity index (χ2n) is 5.98. The minimum Gasteiger partial charge on any atom is -0.307 e. The fraction of sp³-hybridized carbons (Fsp3) is 0.278. The summed E-state index contributed by atoms with van der Waals surface area (Å²) in [5.41, 5.74) is -0.211. The summed E-state index contributed by atoms with van der Waals surface area (Å²) < 4.78 is 39.2. The Hall–Kier alpha value is -2.39. The van der Waals surface area contributed by atoms with E-state index in [1.165, 1.54) is 30.5 Å². The van der Waals surface area contributed by atoms with Gasteiger partial charge in [-0.25, -0.2) is 0 Å². The standard InChI is InChI=1S/C18H16F3N3O2S/c19-18(20,21)13-5-3-4-12(8-13)14(17-10-22-11-27-17)9-23-15-6-1-2-7-16(15)24(25)26/h1-9,14,17,22H,10-11H2. The van der Waals surface area contributed by atoms with Crippen LogP contribution in [0.25, 0.3) is 0 Å². The molecule has 2 aromatic rings. The molecule has 0 radical (unpaired) electrons. The van der Waals surface area contributed by atoms with Gasteiger partial charge in [-0.1, -0.05) is 30.3 Å². The van der Waals surface area contributed by atoms with Gasteiger partial charge in [-0.2, -0.15) is 13.2 Å². The predicted molar refractivity (Wildman–Crippen MR) is 99.7 cm³/mol. The maximum atomic E-state index is 13.1. The molecule has 27 heavy (non-hydrogen) atoms. The molecule has 5 nitrogen and oxygen atoms in total. The molecule has 1 heterocycles. The highest BCUT2D eigenvalue weighted by Crippen LogP contribution is 2.35. The Morgan fingerprint density at radius 1 is 1.26 bits per heavy atom. The van der Waals surface area contributed by atoms with E-state index in [9.17, 15) is 23.3 Å². The number of alkyl halides is 3. The van der Waals surface area contributed by atoms with Gasteiger partial charge in [0, 0.05) is 35.9 Å². The van der Waals surface area contributed by atoms with E-state index < -0.39 is 22.6 Å². The summed E-state index contributed by atoms with van der Waals surface area (Å²) in [5.74, 6) is 0.284. The van der Waals surface area contributed by atoms with Gasteiger partial charge in [-0.15, -0.1) is 11.8 Å². The highest BCUT2D eigenvalue weighted by atomic mass is 32.2. The Kier molecular flexibility index (Phi) is 5.81. The van der Waals surface area contributed by atoms with Crippen LogP contribution in [-0.4, -0.2) is 28.8 Å². The first-order chi connectivity index (χ1) is 12.9. The van der Waals surface area contributed by atoms with Crippen molar-refractivity contribution in [1.82, 2.24) is 5.32 Å². The Labute approximate surface area is 157 Å². The quantitative estimate of drug-likeness (QED) is 0.450. The average molecular weight is 395 g/mol. The molecule has 9 heteroatoms.